The Morgan fingerprint density at radius 3 is 2.64 bits per heavy atom. The average molecular weight is 339 g/mol. The normalized spacial score (nSPS) is 12.8. The third-order valence-electron chi connectivity index (χ3n) is 2.83. The number of anilines is 1. The van der Waals surface area contributed by atoms with Crippen LogP contribution in [-0.2, 0) is 15.7 Å². The Hall–Kier alpha value is -1.47. The molecule has 4 nitrogen and oxygen atoms in total. The number of rotatable bonds is 7. The van der Waals surface area contributed by atoms with Crippen LogP contribution in [0.25, 0.3) is 0 Å². The molecule has 0 radical (unpaired) electrons. The van der Waals surface area contributed by atoms with Crippen molar-refractivity contribution in [3.05, 3.63) is 28.8 Å². The van der Waals surface area contributed by atoms with Gasteiger partial charge in [0.15, 0.2) is 0 Å². The van der Waals surface area contributed by atoms with Gasteiger partial charge in [-0.2, -0.15) is 13.2 Å². The van der Waals surface area contributed by atoms with E-state index in [9.17, 15) is 18.0 Å². The zero-order chi connectivity index (χ0) is 16.8. The maximum absolute atomic E-state index is 12.8. The van der Waals surface area contributed by atoms with E-state index in [4.69, 9.17) is 22.1 Å². The van der Waals surface area contributed by atoms with Gasteiger partial charge in [0.25, 0.3) is 0 Å². The van der Waals surface area contributed by atoms with Crippen molar-refractivity contribution in [2.45, 2.75) is 32.0 Å². The van der Waals surface area contributed by atoms with Crippen LogP contribution in [0.1, 0.15) is 25.3 Å². The molecule has 3 N–H and O–H groups in total. The van der Waals surface area contributed by atoms with E-state index in [1.807, 2.05) is 0 Å². The Morgan fingerprint density at radius 2 is 2.09 bits per heavy atom. The van der Waals surface area contributed by atoms with E-state index in [1.54, 1.807) is 6.92 Å². The first kappa shape index (κ1) is 18.6. The van der Waals surface area contributed by atoms with Crippen LogP contribution < -0.4 is 11.1 Å². The number of nitrogens with two attached hydrogens (primary N) is 1. The fraction of sp³-hybridized carbons (Fsp3) is 0.500. The largest absolute Gasteiger partial charge is 0.464 e. The molecule has 0 bridgehead atoms. The number of hydrogen-bond donors (Lipinski definition) is 2. The highest BCUT2D eigenvalue weighted by molar-refractivity contribution is 6.31. The first-order valence-corrected chi connectivity index (χ1v) is 7.16. The van der Waals surface area contributed by atoms with Crippen LogP contribution in [0.15, 0.2) is 18.2 Å². The fourth-order valence-corrected chi connectivity index (χ4v) is 2.09. The van der Waals surface area contributed by atoms with E-state index in [1.165, 1.54) is 6.07 Å². The standard InChI is InChI=1S/C14H18ClF3N2O2/c1-2-22-13(21)12(4-3-5-19)20-11-7-9(14(16,17)18)6-10(15)8-11/h6-8,12,20H,2-5,19H2,1H3/t12-/m1/s1. The predicted molar refractivity (Wildman–Crippen MR) is 78.8 cm³/mol. The van der Waals surface area contributed by atoms with Crippen LogP contribution in [0.4, 0.5) is 18.9 Å². The number of carbonyl (C=O) groups excluding carboxylic acids is 1. The lowest BCUT2D eigenvalue weighted by Gasteiger charge is -2.19. The lowest BCUT2D eigenvalue weighted by atomic mass is 10.1. The summed E-state index contributed by atoms with van der Waals surface area (Å²) in [6.45, 7) is 2.20. The predicted octanol–water partition coefficient (Wildman–Crippen LogP) is 3.44. The van der Waals surface area contributed by atoms with Gasteiger partial charge in [0.2, 0.25) is 0 Å². The molecule has 0 saturated heterocycles. The van der Waals surface area contributed by atoms with Crippen molar-refractivity contribution in [1.29, 1.82) is 0 Å². The second-order valence-corrected chi connectivity index (χ2v) is 5.04. The van der Waals surface area contributed by atoms with Crippen LogP contribution in [0, 0.1) is 0 Å². The van der Waals surface area contributed by atoms with Gasteiger partial charge in [-0.15, -0.1) is 0 Å². The minimum atomic E-state index is -4.52. The summed E-state index contributed by atoms with van der Waals surface area (Å²) in [5.41, 5.74) is 4.62. The smallest absolute Gasteiger partial charge is 0.416 e. The second-order valence-electron chi connectivity index (χ2n) is 4.61. The number of benzene rings is 1. The van der Waals surface area contributed by atoms with E-state index in [-0.39, 0.29) is 17.3 Å². The third kappa shape index (κ3) is 5.73. The second kappa shape index (κ2) is 8.24. The third-order valence-corrected chi connectivity index (χ3v) is 3.05. The summed E-state index contributed by atoms with van der Waals surface area (Å²) in [6, 6.07) is 2.28. The van der Waals surface area contributed by atoms with E-state index in [0.29, 0.717) is 19.4 Å². The van der Waals surface area contributed by atoms with Gasteiger partial charge in [-0.05, 0) is 44.5 Å². The van der Waals surface area contributed by atoms with Gasteiger partial charge >= 0.3 is 12.1 Å². The van der Waals surface area contributed by atoms with Crippen molar-refractivity contribution in [1.82, 2.24) is 0 Å². The number of halogens is 4. The monoisotopic (exact) mass is 338 g/mol. The molecule has 22 heavy (non-hydrogen) atoms. The molecule has 0 heterocycles. The molecule has 0 aliphatic heterocycles. The van der Waals surface area contributed by atoms with E-state index in [0.717, 1.165) is 12.1 Å². The van der Waals surface area contributed by atoms with Crippen molar-refractivity contribution < 1.29 is 22.7 Å². The molecule has 0 aromatic heterocycles. The number of carbonyl (C=O) groups is 1. The molecule has 0 amide bonds. The molecule has 0 saturated carbocycles. The SMILES string of the molecule is CCOC(=O)[C@@H](CCCN)Nc1cc(Cl)cc(C(F)(F)F)c1. The zero-order valence-electron chi connectivity index (χ0n) is 12.0. The maximum atomic E-state index is 12.8. The van der Waals surface area contributed by atoms with Crippen molar-refractivity contribution in [2.24, 2.45) is 5.73 Å². The first-order chi connectivity index (χ1) is 10.3. The van der Waals surface area contributed by atoms with Crippen LogP contribution >= 0.6 is 11.6 Å². The maximum Gasteiger partial charge on any atom is 0.416 e. The quantitative estimate of drug-likeness (QED) is 0.747. The molecule has 8 heteroatoms. The zero-order valence-corrected chi connectivity index (χ0v) is 12.8. The van der Waals surface area contributed by atoms with Crippen molar-refractivity contribution in [2.75, 3.05) is 18.5 Å². The molecule has 1 atom stereocenters. The molecule has 0 unspecified atom stereocenters. The molecule has 1 aromatic rings. The Labute approximate surface area is 131 Å². The summed E-state index contributed by atoms with van der Waals surface area (Å²) in [5, 5.41) is 2.67. The Balaban J connectivity index is 2.97. The van der Waals surface area contributed by atoms with E-state index in [2.05, 4.69) is 5.32 Å². The van der Waals surface area contributed by atoms with E-state index < -0.39 is 23.8 Å². The Morgan fingerprint density at radius 1 is 1.41 bits per heavy atom. The van der Waals surface area contributed by atoms with Crippen molar-refractivity contribution >= 4 is 23.3 Å². The van der Waals surface area contributed by atoms with Gasteiger partial charge in [0, 0.05) is 10.7 Å². The highest BCUT2D eigenvalue weighted by Gasteiger charge is 2.31. The average Bonchev–Trinajstić information content (AvgIpc) is 2.42. The van der Waals surface area contributed by atoms with Gasteiger partial charge < -0.3 is 15.8 Å². The van der Waals surface area contributed by atoms with Gasteiger partial charge in [-0.25, -0.2) is 4.79 Å². The summed E-state index contributed by atoms with van der Waals surface area (Å²) < 4.78 is 43.2. The number of ether oxygens (including phenoxy) is 1. The molecule has 124 valence electrons. The van der Waals surface area contributed by atoms with Crippen molar-refractivity contribution in [3.63, 3.8) is 0 Å². The molecule has 1 aromatic carbocycles. The van der Waals surface area contributed by atoms with Gasteiger partial charge in [0.05, 0.1) is 12.2 Å². The molecule has 0 fully saturated rings. The minimum Gasteiger partial charge on any atom is -0.464 e. The number of hydrogen-bond acceptors (Lipinski definition) is 4. The summed E-state index contributed by atoms with van der Waals surface area (Å²) in [5.74, 6) is -0.538. The molecular formula is C14H18ClF3N2O2. The first-order valence-electron chi connectivity index (χ1n) is 6.79. The highest BCUT2D eigenvalue weighted by Crippen LogP contribution is 2.33. The number of alkyl halides is 3. The van der Waals surface area contributed by atoms with Crippen LogP contribution in [0.2, 0.25) is 5.02 Å². The van der Waals surface area contributed by atoms with Crippen LogP contribution in [-0.4, -0.2) is 25.2 Å². The Bertz CT molecular complexity index is 509. The van der Waals surface area contributed by atoms with Gasteiger partial charge in [-0.1, -0.05) is 11.6 Å². The minimum absolute atomic E-state index is 0.0706. The lowest BCUT2D eigenvalue weighted by Crippen LogP contribution is -2.32. The topological polar surface area (TPSA) is 64.3 Å². The lowest BCUT2D eigenvalue weighted by molar-refractivity contribution is -0.144. The summed E-state index contributed by atoms with van der Waals surface area (Å²) in [6.07, 6.45) is -3.63. The van der Waals surface area contributed by atoms with Gasteiger partial charge in [-0.3, -0.25) is 0 Å². The van der Waals surface area contributed by atoms with Crippen LogP contribution in [0.5, 0.6) is 0 Å². The molecule has 1 rings (SSSR count). The van der Waals surface area contributed by atoms with E-state index >= 15 is 0 Å². The molecule has 0 spiro atoms. The van der Waals surface area contributed by atoms with Crippen LogP contribution in [0.3, 0.4) is 0 Å². The number of esters is 1. The summed E-state index contributed by atoms with van der Waals surface area (Å²) >= 11 is 5.71. The fourth-order valence-electron chi connectivity index (χ4n) is 1.85. The van der Waals surface area contributed by atoms with Crippen molar-refractivity contribution in [3.8, 4) is 0 Å². The summed E-state index contributed by atoms with van der Waals surface area (Å²) in [4.78, 5) is 11.8. The molecule has 0 aliphatic carbocycles. The molecular weight excluding hydrogens is 321 g/mol. The highest BCUT2D eigenvalue weighted by atomic mass is 35.5. The summed E-state index contributed by atoms with van der Waals surface area (Å²) in [7, 11) is 0. The Kier molecular flexibility index (Phi) is 6.96. The number of nitrogens with one attached hydrogen (secondary N) is 1. The molecule has 0 aliphatic rings. The van der Waals surface area contributed by atoms with Gasteiger partial charge in [0.1, 0.15) is 6.04 Å².